The molecule has 2 heterocycles. The van der Waals surface area contributed by atoms with Gasteiger partial charge in [0.05, 0.1) is 6.04 Å². The van der Waals surface area contributed by atoms with E-state index in [1.165, 1.54) is 32.1 Å². The van der Waals surface area contributed by atoms with Crippen LogP contribution in [0, 0.1) is 17.3 Å². The van der Waals surface area contributed by atoms with Crippen LogP contribution in [0.15, 0.2) is 30.6 Å². The number of piperidine rings is 1. The van der Waals surface area contributed by atoms with E-state index in [1.54, 1.807) is 6.33 Å². The van der Waals surface area contributed by atoms with E-state index >= 15 is 0 Å². The zero-order chi connectivity index (χ0) is 30.2. The number of nitrogens with zero attached hydrogens (tertiary/aromatic N) is 4. The van der Waals surface area contributed by atoms with Crippen LogP contribution in [0.4, 0.5) is 0 Å². The van der Waals surface area contributed by atoms with Crippen LogP contribution in [0.1, 0.15) is 95.9 Å². The first-order chi connectivity index (χ1) is 20.9. The standard InChI is InChI=1S/C34H51ClN6O2/c1-3-40(4-2)32(42)26-12-16-29(17-13-26)38-30(22-25-10-14-28(35)15-11-25)33(43)41-20-18-34(19-21-41,23-31-36-24-37-39-31)27-8-6-5-7-9-27/h10-11,14-15,24,26-27,29-30,38H,3-9,12-13,16-23H2,1-2H3,(H,36,37,39)/t26?,29?,30-/m1/s1. The summed E-state index contributed by atoms with van der Waals surface area (Å²) in [6.45, 7) is 7.20. The van der Waals surface area contributed by atoms with Gasteiger partial charge >= 0.3 is 0 Å². The maximum Gasteiger partial charge on any atom is 0.240 e. The van der Waals surface area contributed by atoms with Crippen molar-refractivity contribution in [2.24, 2.45) is 17.3 Å². The third-order valence-electron chi connectivity index (χ3n) is 10.8. The molecule has 1 aromatic carbocycles. The van der Waals surface area contributed by atoms with Crippen LogP contribution in [0.25, 0.3) is 0 Å². The summed E-state index contributed by atoms with van der Waals surface area (Å²) in [6.07, 6.45) is 15.3. The lowest BCUT2D eigenvalue weighted by atomic mass is 9.62. The van der Waals surface area contributed by atoms with Crippen LogP contribution < -0.4 is 5.32 Å². The predicted octanol–water partition coefficient (Wildman–Crippen LogP) is 5.82. The first-order valence-electron chi connectivity index (χ1n) is 16.8. The molecule has 1 atom stereocenters. The molecule has 2 aliphatic carbocycles. The predicted molar refractivity (Wildman–Crippen MR) is 171 cm³/mol. The zero-order valence-electron chi connectivity index (χ0n) is 26.2. The van der Waals surface area contributed by atoms with E-state index < -0.39 is 0 Å². The Morgan fingerprint density at radius 3 is 2.30 bits per heavy atom. The molecule has 0 spiro atoms. The molecule has 8 nitrogen and oxygen atoms in total. The lowest BCUT2D eigenvalue weighted by Crippen LogP contribution is -2.55. The molecule has 1 aromatic heterocycles. The van der Waals surface area contributed by atoms with Crippen molar-refractivity contribution in [2.75, 3.05) is 26.2 Å². The number of hydrogen-bond acceptors (Lipinski definition) is 5. The molecule has 5 rings (SSSR count). The molecule has 3 aliphatic rings. The van der Waals surface area contributed by atoms with Gasteiger partial charge in [-0.2, -0.15) is 5.10 Å². The van der Waals surface area contributed by atoms with Gasteiger partial charge in [-0.1, -0.05) is 43.0 Å². The molecule has 3 fully saturated rings. The van der Waals surface area contributed by atoms with Gasteiger partial charge < -0.3 is 15.1 Å². The van der Waals surface area contributed by atoms with Crippen molar-refractivity contribution in [2.45, 2.75) is 109 Å². The van der Waals surface area contributed by atoms with Crippen LogP contribution in [-0.4, -0.2) is 75.1 Å². The van der Waals surface area contributed by atoms with E-state index in [-0.39, 0.29) is 35.2 Å². The summed E-state index contributed by atoms with van der Waals surface area (Å²) >= 11 is 6.18. The van der Waals surface area contributed by atoms with Crippen molar-refractivity contribution in [3.63, 3.8) is 0 Å². The summed E-state index contributed by atoms with van der Waals surface area (Å²) in [7, 11) is 0. The Bertz CT molecular complexity index is 1150. The normalized spacial score (nSPS) is 23.6. The summed E-state index contributed by atoms with van der Waals surface area (Å²) in [5.74, 6) is 2.25. The number of nitrogens with one attached hydrogen (secondary N) is 2. The second-order valence-electron chi connectivity index (χ2n) is 13.2. The summed E-state index contributed by atoms with van der Waals surface area (Å²) in [5, 5.41) is 11.7. The Hall–Kier alpha value is -2.45. The summed E-state index contributed by atoms with van der Waals surface area (Å²) in [6, 6.07) is 7.82. The number of carbonyl (C=O) groups excluding carboxylic acids is 2. The topological polar surface area (TPSA) is 94.2 Å². The van der Waals surface area contributed by atoms with Gasteiger partial charge in [-0.15, -0.1) is 0 Å². The van der Waals surface area contributed by atoms with E-state index in [4.69, 9.17) is 11.6 Å². The van der Waals surface area contributed by atoms with Crippen molar-refractivity contribution < 1.29 is 9.59 Å². The maximum absolute atomic E-state index is 14.2. The molecular formula is C34H51ClN6O2. The van der Waals surface area contributed by atoms with Gasteiger partial charge in [0.25, 0.3) is 0 Å². The van der Waals surface area contributed by atoms with Crippen molar-refractivity contribution in [1.29, 1.82) is 0 Å². The Kier molecular flexibility index (Phi) is 11.2. The highest BCUT2D eigenvalue weighted by Gasteiger charge is 2.44. The Morgan fingerprint density at radius 2 is 1.70 bits per heavy atom. The third-order valence-corrected chi connectivity index (χ3v) is 11.0. The van der Waals surface area contributed by atoms with E-state index in [1.807, 2.05) is 29.2 Å². The van der Waals surface area contributed by atoms with Gasteiger partial charge in [0.1, 0.15) is 12.2 Å². The average Bonchev–Trinajstić information content (AvgIpc) is 3.56. The fraction of sp³-hybridized carbons (Fsp3) is 0.706. The number of halogens is 1. The molecule has 0 unspecified atom stereocenters. The minimum atomic E-state index is -0.294. The maximum atomic E-state index is 14.2. The van der Waals surface area contributed by atoms with Crippen molar-refractivity contribution in [3.05, 3.63) is 47.0 Å². The van der Waals surface area contributed by atoms with Crippen LogP contribution in [0.2, 0.25) is 5.02 Å². The first kappa shape index (κ1) is 32.0. The van der Waals surface area contributed by atoms with Gasteiger partial charge in [0.15, 0.2) is 0 Å². The Labute approximate surface area is 262 Å². The summed E-state index contributed by atoms with van der Waals surface area (Å²) in [5.41, 5.74) is 1.28. The zero-order valence-corrected chi connectivity index (χ0v) is 27.0. The smallest absolute Gasteiger partial charge is 0.240 e. The average molecular weight is 611 g/mol. The van der Waals surface area contributed by atoms with Crippen LogP contribution in [-0.2, 0) is 22.4 Å². The van der Waals surface area contributed by atoms with Crippen LogP contribution >= 0.6 is 11.6 Å². The number of benzene rings is 1. The van der Waals surface area contributed by atoms with E-state index in [0.29, 0.717) is 17.4 Å². The summed E-state index contributed by atoms with van der Waals surface area (Å²) < 4.78 is 0. The van der Waals surface area contributed by atoms with E-state index in [2.05, 4.69) is 39.2 Å². The molecule has 2 aromatic rings. The first-order valence-corrected chi connectivity index (χ1v) is 17.2. The molecule has 2 N–H and O–H groups in total. The lowest BCUT2D eigenvalue weighted by molar-refractivity contribution is -0.138. The molecule has 9 heteroatoms. The second-order valence-corrected chi connectivity index (χ2v) is 13.7. The second kappa shape index (κ2) is 15.0. The molecule has 2 saturated carbocycles. The minimum absolute atomic E-state index is 0.0998. The number of aromatic nitrogens is 3. The van der Waals surface area contributed by atoms with Gasteiger partial charge in [0.2, 0.25) is 11.8 Å². The summed E-state index contributed by atoms with van der Waals surface area (Å²) in [4.78, 5) is 35.8. The lowest BCUT2D eigenvalue weighted by Gasteiger charge is -2.48. The fourth-order valence-electron chi connectivity index (χ4n) is 8.15. The Balaban J connectivity index is 1.25. The van der Waals surface area contributed by atoms with Crippen molar-refractivity contribution >= 4 is 23.4 Å². The quantitative estimate of drug-likeness (QED) is 0.334. The number of amides is 2. The molecule has 43 heavy (non-hydrogen) atoms. The number of likely N-dealkylation sites (tertiary alicyclic amines) is 1. The molecule has 2 amide bonds. The molecule has 236 valence electrons. The van der Waals surface area contributed by atoms with Gasteiger partial charge in [-0.05, 0) is 101 Å². The highest BCUT2D eigenvalue weighted by Crippen LogP contribution is 2.47. The van der Waals surface area contributed by atoms with Crippen molar-refractivity contribution in [1.82, 2.24) is 30.3 Å². The number of H-pyrrole nitrogens is 1. The van der Waals surface area contributed by atoms with E-state index in [9.17, 15) is 9.59 Å². The molecule has 1 aliphatic heterocycles. The molecular weight excluding hydrogens is 560 g/mol. The third kappa shape index (κ3) is 7.99. The number of hydrogen-bond donors (Lipinski definition) is 2. The molecule has 0 bridgehead atoms. The number of rotatable bonds is 11. The molecule has 1 saturated heterocycles. The largest absolute Gasteiger partial charge is 0.343 e. The van der Waals surface area contributed by atoms with Gasteiger partial charge in [0, 0.05) is 49.6 Å². The number of aromatic amines is 1. The highest BCUT2D eigenvalue weighted by atomic mass is 35.5. The number of carbonyl (C=O) groups is 2. The SMILES string of the molecule is CCN(CC)C(=O)C1CCC(N[C@H](Cc2ccc(Cl)cc2)C(=O)N2CCC(Cc3ncn[nH]3)(C3CCCCC3)CC2)CC1. The minimum Gasteiger partial charge on any atom is -0.343 e. The van der Waals surface area contributed by atoms with E-state index in [0.717, 1.165) is 82.5 Å². The van der Waals surface area contributed by atoms with Crippen LogP contribution in [0.3, 0.4) is 0 Å². The van der Waals surface area contributed by atoms with Crippen molar-refractivity contribution in [3.8, 4) is 0 Å². The monoisotopic (exact) mass is 610 g/mol. The van der Waals surface area contributed by atoms with Crippen LogP contribution in [0.5, 0.6) is 0 Å². The highest BCUT2D eigenvalue weighted by molar-refractivity contribution is 6.30. The van der Waals surface area contributed by atoms with Gasteiger partial charge in [-0.3, -0.25) is 14.7 Å². The Morgan fingerprint density at radius 1 is 1.02 bits per heavy atom. The fourth-order valence-corrected chi connectivity index (χ4v) is 8.27. The molecule has 0 radical (unpaired) electrons. The van der Waals surface area contributed by atoms with Gasteiger partial charge in [-0.25, -0.2) is 4.98 Å².